The highest BCUT2D eigenvalue weighted by Crippen LogP contribution is 2.16. The molecule has 26 heavy (non-hydrogen) atoms. The molecular weight excluding hydrogens is 332 g/mol. The molecule has 0 saturated heterocycles. The van der Waals surface area contributed by atoms with Crippen LogP contribution in [-0.4, -0.2) is 25.9 Å². The van der Waals surface area contributed by atoms with Gasteiger partial charge in [-0.25, -0.2) is 14.5 Å². The number of oxazole rings is 1. The van der Waals surface area contributed by atoms with E-state index in [4.69, 9.17) is 9.15 Å². The van der Waals surface area contributed by atoms with Crippen molar-refractivity contribution >= 4 is 17.1 Å². The Morgan fingerprint density at radius 2 is 1.88 bits per heavy atom. The molecule has 0 aliphatic carbocycles. The summed E-state index contributed by atoms with van der Waals surface area (Å²) in [7, 11) is 0. The fourth-order valence-electron chi connectivity index (χ4n) is 2.61. The van der Waals surface area contributed by atoms with Crippen molar-refractivity contribution in [2.45, 2.75) is 20.1 Å². The largest absolute Gasteiger partial charge is 0.456 e. The first-order valence-electron chi connectivity index (χ1n) is 8.16. The Balaban J connectivity index is 1.47. The molecule has 2 heterocycles. The van der Waals surface area contributed by atoms with Gasteiger partial charge in [0, 0.05) is 0 Å². The summed E-state index contributed by atoms with van der Waals surface area (Å²) in [6, 6.07) is 17.0. The number of aromatic nitrogens is 4. The second-order valence-corrected chi connectivity index (χ2v) is 5.82. The number of rotatable bonds is 5. The van der Waals surface area contributed by atoms with Crippen molar-refractivity contribution in [3.63, 3.8) is 0 Å². The normalized spacial score (nSPS) is 11.0. The van der Waals surface area contributed by atoms with Crippen molar-refractivity contribution in [2.75, 3.05) is 0 Å². The molecule has 130 valence electrons. The molecule has 2 aromatic heterocycles. The molecule has 4 aromatic rings. The summed E-state index contributed by atoms with van der Waals surface area (Å²) in [6.45, 7) is 2.25. The Morgan fingerprint density at radius 3 is 2.69 bits per heavy atom. The Bertz CT molecular complexity index is 1020. The lowest BCUT2D eigenvalue weighted by Gasteiger charge is -2.04. The van der Waals surface area contributed by atoms with E-state index in [0.29, 0.717) is 23.7 Å². The molecule has 4 rings (SSSR count). The lowest BCUT2D eigenvalue weighted by Crippen LogP contribution is -2.09. The van der Waals surface area contributed by atoms with Gasteiger partial charge in [0.25, 0.3) is 0 Å². The first-order chi connectivity index (χ1) is 12.7. The highest BCUT2D eigenvalue weighted by molar-refractivity contribution is 5.88. The second kappa shape index (κ2) is 6.79. The lowest BCUT2D eigenvalue weighted by atomic mass is 10.2. The summed E-state index contributed by atoms with van der Waals surface area (Å²) < 4.78 is 12.6. The summed E-state index contributed by atoms with van der Waals surface area (Å²) in [4.78, 5) is 16.7. The van der Waals surface area contributed by atoms with Crippen molar-refractivity contribution in [3.8, 4) is 0 Å². The monoisotopic (exact) mass is 348 g/mol. The minimum absolute atomic E-state index is 0.192. The quantitative estimate of drug-likeness (QED) is 0.515. The fourth-order valence-corrected chi connectivity index (χ4v) is 2.61. The fraction of sp³-hybridized carbons (Fsp3) is 0.158. The van der Waals surface area contributed by atoms with Gasteiger partial charge in [-0.1, -0.05) is 47.7 Å². The summed E-state index contributed by atoms with van der Waals surface area (Å²) in [6.07, 6.45) is 0. The van der Waals surface area contributed by atoms with Crippen molar-refractivity contribution < 1.29 is 13.9 Å². The third kappa shape index (κ3) is 3.19. The number of para-hydroxylation sites is 2. The number of hydrogen-bond acceptors (Lipinski definition) is 6. The molecule has 0 atom stereocenters. The topological polar surface area (TPSA) is 83.0 Å². The molecule has 0 aliphatic heterocycles. The minimum atomic E-state index is -0.504. The van der Waals surface area contributed by atoms with Crippen LogP contribution in [0, 0.1) is 6.92 Å². The van der Waals surface area contributed by atoms with Gasteiger partial charge in [0.1, 0.15) is 18.7 Å². The second-order valence-electron chi connectivity index (χ2n) is 5.82. The molecule has 0 amide bonds. The number of nitrogens with zero attached hydrogens (tertiary/aromatic N) is 4. The van der Waals surface area contributed by atoms with Gasteiger partial charge < -0.3 is 9.15 Å². The first-order valence-corrected chi connectivity index (χ1v) is 8.16. The molecule has 0 radical (unpaired) electrons. The van der Waals surface area contributed by atoms with Crippen LogP contribution in [0.4, 0.5) is 0 Å². The highest BCUT2D eigenvalue weighted by atomic mass is 16.5. The van der Waals surface area contributed by atoms with Crippen molar-refractivity contribution in [1.29, 1.82) is 0 Å². The molecule has 0 aliphatic rings. The Labute approximate surface area is 149 Å². The van der Waals surface area contributed by atoms with Gasteiger partial charge in [0.15, 0.2) is 11.3 Å². The van der Waals surface area contributed by atoms with Crippen LogP contribution in [0.2, 0.25) is 0 Å². The van der Waals surface area contributed by atoms with E-state index in [2.05, 4.69) is 15.3 Å². The molecule has 2 aromatic carbocycles. The van der Waals surface area contributed by atoms with Gasteiger partial charge in [0.05, 0.1) is 5.69 Å². The molecule has 0 bridgehead atoms. The van der Waals surface area contributed by atoms with Gasteiger partial charge in [0.2, 0.25) is 5.89 Å². The van der Waals surface area contributed by atoms with Crippen LogP contribution in [0.3, 0.4) is 0 Å². The average molecular weight is 348 g/mol. The molecule has 0 unspecified atom stereocenters. The standard InChI is InChI=1S/C19H16N4O3/c1-13-18(19(24)25-12-14-7-3-2-4-8-14)21-22-23(13)11-17-20-15-9-5-6-10-16(15)26-17/h2-10H,11-12H2,1H3. The van der Waals surface area contributed by atoms with Gasteiger partial charge in [-0.15, -0.1) is 5.10 Å². The van der Waals surface area contributed by atoms with Crippen LogP contribution < -0.4 is 0 Å². The predicted octanol–water partition coefficient (Wildman–Crippen LogP) is 3.13. The molecule has 7 nitrogen and oxygen atoms in total. The van der Waals surface area contributed by atoms with Crippen LogP contribution in [0.15, 0.2) is 59.0 Å². The summed E-state index contributed by atoms with van der Waals surface area (Å²) in [5.41, 5.74) is 3.20. The SMILES string of the molecule is Cc1c(C(=O)OCc2ccccc2)nnn1Cc1nc2ccccc2o1. The van der Waals surface area contributed by atoms with E-state index in [1.807, 2.05) is 54.6 Å². The van der Waals surface area contributed by atoms with Crippen LogP contribution in [-0.2, 0) is 17.9 Å². The Morgan fingerprint density at radius 1 is 1.12 bits per heavy atom. The number of carbonyl (C=O) groups is 1. The van der Waals surface area contributed by atoms with Crippen molar-refractivity contribution in [2.24, 2.45) is 0 Å². The number of benzene rings is 2. The Kier molecular flexibility index (Phi) is 4.18. The first kappa shape index (κ1) is 16.0. The zero-order valence-corrected chi connectivity index (χ0v) is 14.1. The van der Waals surface area contributed by atoms with Gasteiger partial charge >= 0.3 is 5.97 Å². The molecule has 0 saturated carbocycles. The maximum atomic E-state index is 12.3. The van der Waals surface area contributed by atoms with Gasteiger partial charge in [-0.2, -0.15) is 0 Å². The van der Waals surface area contributed by atoms with Gasteiger partial charge in [-0.3, -0.25) is 0 Å². The van der Waals surface area contributed by atoms with Crippen LogP contribution >= 0.6 is 0 Å². The minimum Gasteiger partial charge on any atom is -0.456 e. The third-order valence-electron chi connectivity index (χ3n) is 4.01. The van der Waals surface area contributed by atoms with Crippen LogP contribution in [0.5, 0.6) is 0 Å². The summed E-state index contributed by atoms with van der Waals surface area (Å²) in [5, 5.41) is 7.97. The number of hydrogen-bond donors (Lipinski definition) is 0. The van der Waals surface area contributed by atoms with E-state index < -0.39 is 5.97 Å². The number of fused-ring (bicyclic) bond motifs is 1. The highest BCUT2D eigenvalue weighted by Gasteiger charge is 2.19. The zero-order chi connectivity index (χ0) is 17.9. The molecule has 7 heteroatoms. The van der Waals surface area contributed by atoms with E-state index in [1.54, 1.807) is 11.6 Å². The third-order valence-corrected chi connectivity index (χ3v) is 4.01. The summed E-state index contributed by atoms with van der Waals surface area (Å²) in [5.74, 6) is -0.00132. The van der Waals surface area contributed by atoms with E-state index in [0.717, 1.165) is 11.1 Å². The van der Waals surface area contributed by atoms with Gasteiger partial charge in [-0.05, 0) is 24.6 Å². The van der Waals surface area contributed by atoms with E-state index in [9.17, 15) is 4.79 Å². The summed E-state index contributed by atoms with van der Waals surface area (Å²) >= 11 is 0. The van der Waals surface area contributed by atoms with E-state index in [1.165, 1.54) is 0 Å². The van der Waals surface area contributed by atoms with Crippen LogP contribution in [0.1, 0.15) is 27.6 Å². The maximum Gasteiger partial charge on any atom is 0.361 e. The number of ether oxygens (including phenoxy) is 1. The Hall–Kier alpha value is -3.48. The lowest BCUT2D eigenvalue weighted by molar-refractivity contribution is 0.0464. The van der Waals surface area contributed by atoms with Crippen molar-refractivity contribution in [3.05, 3.63) is 77.4 Å². The van der Waals surface area contributed by atoms with E-state index in [-0.39, 0.29) is 12.3 Å². The van der Waals surface area contributed by atoms with E-state index >= 15 is 0 Å². The molecular formula is C19H16N4O3. The molecule has 0 N–H and O–H groups in total. The maximum absolute atomic E-state index is 12.3. The van der Waals surface area contributed by atoms with Crippen molar-refractivity contribution in [1.82, 2.24) is 20.0 Å². The number of carbonyl (C=O) groups excluding carboxylic acids is 1. The number of esters is 1. The molecule has 0 spiro atoms. The predicted molar refractivity (Wildman–Crippen MR) is 93.4 cm³/mol. The zero-order valence-electron chi connectivity index (χ0n) is 14.1. The van der Waals surface area contributed by atoms with Crippen LogP contribution in [0.25, 0.3) is 11.1 Å². The smallest absolute Gasteiger partial charge is 0.361 e. The molecule has 0 fully saturated rings. The average Bonchev–Trinajstić information content (AvgIpc) is 3.24.